The first-order chi connectivity index (χ1) is 14.2. The number of hydrogen-bond acceptors (Lipinski definition) is 7. The van der Waals surface area contributed by atoms with E-state index in [1.54, 1.807) is 0 Å². The van der Waals surface area contributed by atoms with Crippen molar-refractivity contribution in [2.24, 2.45) is 0 Å². The van der Waals surface area contributed by atoms with E-state index in [9.17, 15) is 30.3 Å². The van der Waals surface area contributed by atoms with Crippen molar-refractivity contribution in [2.75, 3.05) is 6.61 Å². The number of hydrogen-bond donors (Lipinski definition) is 6. The van der Waals surface area contributed by atoms with Crippen LogP contribution in [0.3, 0.4) is 0 Å². The zero-order valence-electron chi connectivity index (χ0n) is 18.6. The standard InChI is InChI=1S/C22H43NO7/c1-3-4-5-6-7-8-9-10-11-12-13-14-17(25)23-22(2,29)21-20(28)19(27)18(26)16(15-24)30-21/h16,18-21,24,26-29H,3-15H2,1-2H3,(H,23,25)/t16-,18-,19+,20-,21-,22?/m1/s1. The second kappa shape index (κ2) is 14.3. The zero-order valence-corrected chi connectivity index (χ0v) is 18.6. The minimum Gasteiger partial charge on any atom is -0.394 e. The van der Waals surface area contributed by atoms with Crippen molar-refractivity contribution < 1.29 is 35.1 Å². The molecule has 6 N–H and O–H groups in total. The molecule has 1 aliphatic heterocycles. The molecule has 0 aromatic carbocycles. The van der Waals surface area contributed by atoms with Gasteiger partial charge in [0.25, 0.3) is 0 Å². The van der Waals surface area contributed by atoms with Crippen molar-refractivity contribution in [2.45, 2.75) is 127 Å². The summed E-state index contributed by atoms with van der Waals surface area (Å²) in [6, 6.07) is 0. The fourth-order valence-electron chi connectivity index (χ4n) is 3.93. The van der Waals surface area contributed by atoms with Gasteiger partial charge in [0.1, 0.15) is 30.5 Å². The van der Waals surface area contributed by atoms with Gasteiger partial charge in [0.15, 0.2) is 5.72 Å². The maximum Gasteiger partial charge on any atom is 0.222 e. The van der Waals surface area contributed by atoms with Gasteiger partial charge < -0.3 is 35.6 Å². The van der Waals surface area contributed by atoms with Crippen molar-refractivity contribution in [3.05, 3.63) is 0 Å². The summed E-state index contributed by atoms with van der Waals surface area (Å²) in [7, 11) is 0. The molecule has 1 aliphatic rings. The third kappa shape index (κ3) is 9.16. The lowest BCUT2D eigenvalue weighted by Crippen LogP contribution is -2.68. The third-order valence-electron chi connectivity index (χ3n) is 5.85. The van der Waals surface area contributed by atoms with Gasteiger partial charge in [-0.1, -0.05) is 71.1 Å². The van der Waals surface area contributed by atoms with Crippen LogP contribution < -0.4 is 5.32 Å². The van der Waals surface area contributed by atoms with E-state index in [1.165, 1.54) is 51.9 Å². The van der Waals surface area contributed by atoms with Crippen LogP contribution >= 0.6 is 0 Å². The Morgan fingerprint density at radius 1 is 0.867 bits per heavy atom. The van der Waals surface area contributed by atoms with Crippen LogP contribution in [0.1, 0.15) is 90.9 Å². The van der Waals surface area contributed by atoms with Crippen LogP contribution in [0.15, 0.2) is 0 Å². The number of nitrogens with one attached hydrogen (secondary N) is 1. The molecule has 8 nitrogen and oxygen atoms in total. The van der Waals surface area contributed by atoms with Crippen molar-refractivity contribution in [3.63, 3.8) is 0 Å². The van der Waals surface area contributed by atoms with Crippen LogP contribution in [0, 0.1) is 0 Å². The van der Waals surface area contributed by atoms with Crippen LogP contribution in [0.25, 0.3) is 0 Å². The molecule has 1 rings (SSSR count). The largest absolute Gasteiger partial charge is 0.394 e. The minimum absolute atomic E-state index is 0.241. The Balaban J connectivity index is 2.24. The third-order valence-corrected chi connectivity index (χ3v) is 5.85. The quantitative estimate of drug-likeness (QED) is 0.169. The number of aliphatic hydroxyl groups excluding tert-OH is 4. The zero-order chi connectivity index (χ0) is 22.6. The van der Waals surface area contributed by atoms with Crippen LogP contribution in [-0.2, 0) is 9.53 Å². The summed E-state index contributed by atoms with van der Waals surface area (Å²) in [5.41, 5.74) is -1.96. The maximum absolute atomic E-state index is 12.2. The van der Waals surface area contributed by atoms with Crippen molar-refractivity contribution in [3.8, 4) is 0 Å². The van der Waals surface area contributed by atoms with E-state index < -0.39 is 42.9 Å². The molecule has 1 fully saturated rings. The highest BCUT2D eigenvalue weighted by Gasteiger charge is 2.50. The predicted molar refractivity (Wildman–Crippen MR) is 114 cm³/mol. The number of ether oxygens (including phenoxy) is 1. The number of amides is 1. The molecule has 0 aromatic heterocycles. The van der Waals surface area contributed by atoms with Gasteiger partial charge in [-0.05, 0) is 13.3 Å². The van der Waals surface area contributed by atoms with Crippen molar-refractivity contribution in [1.29, 1.82) is 0 Å². The number of carbonyl (C=O) groups excluding carboxylic acids is 1. The molecule has 8 heteroatoms. The molecule has 0 aliphatic carbocycles. The molecule has 0 saturated carbocycles. The first kappa shape index (κ1) is 27.3. The second-order valence-corrected chi connectivity index (χ2v) is 8.73. The summed E-state index contributed by atoms with van der Waals surface area (Å²) in [6.45, 7) is 2.89. The van der Waals surface area contributed by atoms with Crippen LogP contribution in [-0.4, -0.2) is 74.3 Å². The summed E-state index contributed by atoms with van der Waals surface area (Å²) >= 11 is 0. The molecule has 1 saturated heterocycles. The normalized spacial score (nSPS) is 28.8. The van der Waals surface area contributed by atoms with Crippen LogP contribution in [0.5, 0.6) is 0 Å². The molecule has 1 amide bonds. The Morgan fingerprint density at radius 2 is 1.37 bits per heavy atom. The Bertz CT molecular complexity index is 472. The first-order valence-corrected chi connectivity index (χ1v) is 11.6. The van der Waals surface area contributed by atoms with Crippen molar-refractivity contribution >= 4 is 5.91 Å². The molecule has 0 radical (unpaired) electrons. The highest BCUT2D eigenvalue weighted by Crippen LogP contribution is 2.27. The summed E-state index contributed by atoms with van der Waals surface area (Å²) in [4.78, 5) is 12.2. The van der Waals surface area contributed by atoms with Gasteiger partial charge in [-0.3, -0.25) is 4.79 Å². The molecule has 0 aromatic rings. The van der Waals surface area contributed by atoms with Gasteiger partial charge in [0, 0.05) is 6.42 Å². The highest BCUT2D eigenvalue weighted by molar-refractivity contribution is 5.76. The average Bonchev–Trinajstić information content (AvgIpc) is 2.70. The van der Waals surface area contributed by atoms with Gasteiger partial charge in [0.05, 0.1) is 6.61 Å². The number of carbonyl (C=O) groups is 1. The summed E-state index contributed by atoms with van der Waals surface area (Å²) < 4.78 is 5.33. The van der Waals surface area contributed by atoms with E-state index in [4.69, 9.17) is 4.74 Å². The Labute approximate surface area is 180 Å². The molecular formula is C22H43NO7. The lowest BCUT2D eigenvalue weighted by molar-refractivity contribution is -0.271. The molecular weight excluding hydrogens is 390 g/mol. The van der Waals surface area contributed by atoms with Crippen LogP contribution in [0.4, 0.5) is 0 Å². The molecule has 30 heavy (non-hydrogen) atoms. The highest BCUT2D eigenvalue weighted by atomic mass is 16.6. The lowest BCUT2D eigenvalue weighted by Gasteiger charge is -2.45. The van der Waals surface area contributed by atoms with E-state index in [0.717, 1.165) is 19.3 Å². The average molecular weight is 434 g/mol. The van der Waals surface area contributed by atoms with E-state index in [1.807, 2.05) is 0 Å². The minimum atomic E-state index is -1.96. The van der Waals surface area contributed by atoms with Gasteiger partial charge >= 0.3 is 0 Å². The molecule has 6 atom stereocenters. The number of rotatable bonds is 15. The topological polar surface area (TPSA) is 139 Å². The van der Waals surface area contributed by atoms with E-state index in [2.05, 4.69) is 12.2 Å². The summed E-state index contributed by atoms with van der Waals surface area (Å²) in [5, 5.41) is 52.1. The Kier molecular flexibility index (Phi) is 13.0. The molecule has 178 valence electrons. The van der Waals surface area contributed by atoms with Gasteiger partial charge in [-0.25, -0.2) is 0 Å². The smallest absolute Gasteiger partial charge is 0.222 e. The van der Waals surface area contributed by atoms with E-state index in [-0.39, 0.29) is 12.3 Å². The predicted octanol–water partition coefficient (Wildman–Crippen LogP) is 1.35. The van der Waals surface area contributed by atoms with E-state index in [0.29, 0.717) is 6.42 Å². The lowest BCUT2D eigenvalue weighted by atomic mass is 9.90. The fourth-order valence-corrected chi connectivity index (χ4v) is 3.93. The Morgan fingerprint density at radius 3 is 1.87 bits per heavy atom. The molecule has 1 unspecified atom stereocenters. The van der Waals surface area contributed by atoms with Gasteiger partial charge in [-0.15, -0.1) is 0 Å². The fraction of sp³-hybridized carbons (Fsp3) is 0.955. The first-order valence-electron chi connectivity index (χ1n) is 11.6. The van der Waals surface area contributed by atoms with Crippen molar-refractivity contribution in [1.82, 2.24) is 5.32 Å². The number of aliphatic hydroxyl groups is 5. The maximum atomic E-state index is 12.2. The van der Waals surface area contributed by atoms with Gasteiger partial charge in [-0.2, -0.15) is 0 Å². The SMILES string of the molecule is CCCCCCCCCCCCCC(=O)NC(C)(O)[C@@H]1O[C@H](CO)[C@@H](O)[C@H](O)[C@H]1O. The van der Waals surface area contributed by atoms with E-state index >= 15 is 0 Å². The Hall–Kier alpha value is -0.770. The number of unbranched alkanes of at least 4 members (excludes halogenated alkanes) is 10. The second-order valence-electron chi connectivity index (χ2n) is 8.73. The van der Waals surface area contributed by atoms with Gasteiger partial charge in [0.2, 0.25) is 5.91 Å². The molecule has 0 bridgehead atoms. The monoisotopic (exact) mass is 433 g/mol. The summed E-state index contributed by atoms with van der Waals surface area (Å²) in [5.74, 6) is -0.382. The van der Waals surface area contributed by atoms with Crippen LogP contribution in [0.2, 0.25) is 0 Å². The molecule has 0 spiro atoms. The summed E-state index contributed by atoms with van der Waals surface area (Å²) in [6.07, 6.45) is 5.92. The molecule has 1 heterocycles.